The molecule has 1 heterocycles. The molecular weight excluding hydrogens is 454 g/mol. The van der Waals surface area contributed by atoms with E-state index in [9.17, 15) is 24.0 Å². The Labute approximate surface area is 196 Å². The maximum Gasteiger partial charge on any atom is 0.327 e. The van der Waals surface area contributed by atoms with Crippen LogP contribution in [-0.2, 0) is 30.4 Å². The minimum Gasteiger partial charge on any atom is -0.480 e. The summed E-state index contributed by atoms with van der Waals surface area (Å²) in [4.78, 5) is 67.4. The minimum atomic E-state index is -1.47. The van der Waals surface area contributed by atoms with Gasteiger partial charge in [0.1, 0.15) is 18.1 Å². The lowest BCUT2D eigenvalue weighted by Gasteiger charge is -2.25. The molecule has 33 heavy (non-hydrogen) atoms. The lowest BCUT2D eigenvalue weighted by Crippen LogP contribution is -2.58. The number of hydrogen-bond donors (Lipinski definition) is 8. The maximum absolute atomic E-state index is 13.0. The van der Waals surface area contributed by atoms with E-state index in [0.717, 1.165) is 0 Å². The second-order valence-corrected chi connectivity index (χ2v) is 7.93. The number of carbonyl (C=O) groups is 5. The fraction of sp³-hybridized carbons (Fsp3) is 0.579. The van der Waals surface area contributed by atoms with Crippen molar-refractivity contribution in [1.29, 1.82) is 0 Å². The molecule has 14 heteroatoms. The van der Waals surface area contributed by atoms with E-state index in [0.29, 0.717) is 12.1 Å². The average Bonchev–Trinajstić information content (AvgIpc) is 3.27. The molecule has 13 nitrogen and oxygen atoms in total. The number of hydrogen-bond acceptors (Lipinski definition) is 8. The summed E-state index contributed by atoms with van der Waals surface area (Å²) < 4.78 is 0. The van der Waals surface area contributed by atoms with E-state index in [2.05, 4.69) is 38.5 Å². The van der Waals surface area contributed by atoms with Gasteiger partial charge >= 0.3 is 5.97 Å². The van der Waals surface area contributed by atoms with E-state index in [1.54, 1.807) is 6.92 Å². The topological polar surface area (TPSA) is 222 Å². The van der Waals surface area contributed by atoms with Crippen LogP contribution in [0.3, 0.4) is 0 Å². The number of aromatic nitrogens is 2. The Hall–Kier alpha value is -3.13. The van der Waals surface area contributed by atoms with E-state index in [1.807, 2.05) is 6.92 Å². The van der Waals surface area contributed by atoms with Crippen LogP contribution in [0.25, 0.3) is 0 Å². The van der Waals surface area contributed by atoms with Crippen molar-refractivity contribution in [3.05, 3.63) is 18.2 Å². The minimum absolute atomic E-state index is 0.00982. The van der Waals surface area contributed by atoms with Crippen molar-refractivity contribution in [2.75, 3.05) is 5.75 Å². The fourth-order valence-corrected chi connectivity index (χ4v) is 2.99. The molecule has 4 amide bonds. The molecule has 0 bridgehead atoms. The van der Waals surface area contributed by atoms with Crippen LogP contribution in [0.5, 0.6) is 0 Å². The maximum atomic E-state index is 13.0. The molecular formula is C19H31N7O6S. The fourth-order valence-electron chi connectivity index (χ4n) is 2.75. The quantitative estimate of drug-likeness (QED) is 0.133. The number of carboxylic acids is 1. The third-order valence-electron chi connectivity index (χ3n) is 5.01. The molecule has 0 spiro atoms. The van der Waals surface area contributed by atoms with Crippen LogP contribution in [0.2, 0.25) is 0 Å². The molecule has 0 saturated carbocycles. The summed E-state index contributed by atoms with van der Waals surface area (Å²) in [6.07, 6.45) is 2.89. The van der Waals surface area contributed by atoms with Crippen molar-refractivity contribution in [1.82, 2.24) is 25.9 Å². The molecule has 5 unspecified atom stereocenters. The van der Waals surface area contributed by atoms with E-state index < -0.39 is 60.2 Å². The second kappa shape index (κ2) is 13.4. The summed E-state index contributed by atoms with van der Waals surface area (Å²) in [6.45, 7) is 3.66. The van der Waals surface area contributed by atoms with Crippen LogP contribution >= 0.6 is 12.6 Å². The molecule has 1 aromatic rings. The third kappa shape index (κ3) is 9.10. The molecule has 0 aliphatic heterocycles. The first-order valence-electron chi connectivity index (χ1n) is 10.3. The highest BCUT2D eigenvalue weighted by atomic mass is 32.1. The molecule has 0 aromatic carbocycles. The Morgan fingerprint density at radius 1 is 1.09 bits per heavy atom. The molecule has 0 fully saturated rings. The first-order chi connectivity index (χ1) is 15.5. The molecule has 0 radical (unpaired) electrons. The number of aliphatic carboxylic acids is 1. The highest BCUT2D eigenvalue weighted by molar-refractivity contribution is 7.80. The highest BCUT2D eigenvalue weighted by Gasteiger charge is 2.31. The number of imidazole rings is 1. The highest BCUT2D eigenvalue weighted by Crippen LogP contribution is 2.07. The third-order valence-corrected chi connectivity index (χ3v) is 5.37. The van der Waals surface area contributed by atoms with Crippen LogP contribution in [0.4, 0.5) is 0 Å². The Kier molecular flexibility index (Phi) is 11.4. The summed E-state index contributed by atoms with van der Waals surface area (Å²) in [7, 11) is 0. The van der Waals surface area contributed by atoms with Crippen molar-refractivity contribution in [2.45, 2.75) is 57.3 Å². The van der Waals surface area contributed by atoms with E-state index in [1.165, 1.54) is 12.5 Å². The molecule has 184 valence electrons. The van der Waals surface area contributed by atoms with E-state index in [-0.39, 0.29) is 18.1 Å². The van der Waals surface area contributed by atoms with Crippen LogP contribution in [-0.4, -0.2) is 74.6 Å². The van der Waals surface area contributed by atoms with Crippen molar-refractivity contribution in [3.63, 3.8) is 0 Å². The zero-order chi connectivity index (χ0) is 25.1. The van der Waals surface area contributed by atoms with Gasteiger partial charge in [-0.3, -0.25) is 19.2 Å². The standard InChI is InChI=1S/C19H31N7O6S/c1-3-9(2)15(21)18(30)25-11(4-10-6-22-8-23-10)16(28)24-12(5-14(20)27)17(29)26-13(7-33)19(31)32/h6,8-9,11-13,15,33H,3-5,7,21H2,1-2H3,(H2,20,27)(H,22,23)(H,24,28)(H,25,30)(H,26,29)(H,31,32). The average molecular weight is 486 g/mol. The number of primary amides is 1. The summed E-state index contributed by atoms with van der Waals surface area (Å²) in [5, 5.41) is 16.2. The van der Waals surface area contributed by atoms with Gasteiger partial charge in [0, 0.05) is 24.1 Å². The molecule has 1 rings (SSSR count). The van der Waals surface area contributed by atoms with Gasteiger partial charge in [-0.25, -0.2) is 9.78 Å². The zero-order valence-corrected chi connectivity index (χ0v) is 19.3. The van der Waals surface area contributed by atoms with Crippen LogP contribution < -0.4 is 27.4 Å². The summed E-state index contributed by atoms with van der Waals surface area (Å²) in [5.41, 5.74) is 11.7. The van der Waals surface area contributed by atoms with Crippen LogP contribution in [0, 0.1) is 5.92 Å². The summed E-state index contributed by atoms with van der Waals surface area (Å²) in [6, 6.07) is -4.86. The first-order valence-corrected chi connectivity index (χ1v) is 10.9. The molecule has 9 N–H and O–H groups in total. The lowest BCUT2D eigenvalue weighted by molar-refractivity contribution is -0.141. The van der Waals surface area contributed by atoms with Gasteiger partial charge in [0.05, 0.1) is 18.8 Å². The molecule has 0 aliphatic rings. The van der Waals surface area contributed by atoms with Gasteiger partial charge in [-0.15, -0.1) is 0 Å². The van der Waals surface area contributed by atoms with Gasteiger partial charge in [-0.1, -0.05) is 20.3 Å². The van der Waals surface area contributed by atoms with E-state index in [4.69, 9.17) is 16.6 Å². The lowest BCUT2D eigenvalue weighted by atomic mass is 9.98. The Morgan fingerprint density at radius 2 is 1.67 bits per heavy atom. The Morgan fingerprint density at radius 3 is 2.15 bits per heavy atom. The number of carboxylic acid groups (broad SMARTS) is 1. The molecule has 1 aromatic heterocycles. The van der Waals surface area contributed by atoms with Crippen molar-refractivity contribution < 1.29 is 29.1 Å². The monoisotopic (exact) mass is 485 g/mol. The van der Waals surface area contributed by atoms with Gasteiger partial charge < -0.3 is 37.5 Å². The number of H-pyrrole nitrogens is 1. The molecule has 5 atom stereocenters. The molecule has 0 aliphatic carbocycles. The number of nitrogens with zero attached hydrogens (tertiary/aromatic N) is 1. The van der Waals surface area contributed by atoms with E-state index >= 15 is 0 Å². The summed E-state index contributed by atoms with van der Waals surface area (Å²) in [5.74, 6) is -4.92. The number of amides is 4. The molecule has 0 saturated heterocycles. The Balaban J connectivity index is 3.05. The van der Waals surface area contributed by atoms with Crippen molar-refractivity contribution >= 4 is 42.2 Å². The first kappa shape index (κ1) is 27.9. The normalized spacial score (nSPS) is 15.4. The number of aromatic amines is 1. The van der Waals surface area contributed by atoms with Crippen molar-refractivity contribution in [2.24, 2.45) is 17.4 Å². The smallest absolute Gasteiger partial charge is 0.327 e. The number of thiol groups is 1. The number of nitrogens with one attached hydrogen (secondary N) is 4. The second-order valence-electron chi connectivity index (χ2n) is 7.57. The van der Waals surface area contributed by atoms with Gasteiger partial charge in [0.25, 0.3) is 0 Å². The van der Waals surface area contributed by atoms with Gasteiger partial charge in [0.15, 0.2) is 0 Å². The van der Waals surface area contributed by atoms with Gasteiger partial charge in [0.2, 0.25) is 23.6 Å². The van der Waals surface area contributed by atoms with Crippen molar-refractivity contribution in [3.8, 4) is 0 Å². The van der Waals surface area contributed by atoms with Crippen LogP contribution in [0.1, 0.15) is 32.4 Å². The van der Waals surface area contributed by atoms with Gasteiger partial charge in [-0.2, -0.15) is 12.6 Å². The zero-order valence-electron chi connectivity index (χ0n) is 18.4. The Bertz CT molecular complexity index is 835. The number of carbonyl (C=O) groups excluding carboxylic acids is 4. The largest absolute Gasteiger partial charge is 0.480 e. The predicted molar refractivity (Wildman–Crippen MR) is 121 cm³/mol. The number of rotatable bonds is 14. The number of nitrogens with two attached hydrogens (primary N) is 2. The van der Waals surface area contributed by atoms with Gasteiger partial charge in [-0.05, 0) is 5.92 Å². The SMILES string of the molecule is CCC(C)C(N)C(=O)NC(Cc1cnc[nH]1)C(=O)NC(CC(N)=O)C(=O)NC(CS)C(=O)O. The predicted octanol–water partition coefficient (Wildman–Crippen LogP) is -2.33. The summed E-state index contributed by atoms with van der Waals surface area (Å²) >= 11 is 3.86. The van der Waals surface area contributed by atoms with Crippen LogP contribution in [0.15, 0.2) is 12.5 Å².